The van der Waals surface area contributed by atoms with Crippen LogP contribution in [0.15, 0.2) is 29.8 Å². The van der Waals surface area contributed by atoms with Gasteiger partial charge in [0.25, 0.3) is 0 Å². The lowest BCUT2D eigenvalue weighted by Gasteiger charge is -2.04. The fourth-order valence-electron chi connectivity index (χ4n) is 1.30. The average Bonchev–Trinajstić information content (AvgIpc) is 2.76. The highest BCUT2D eigenvalue weighted by molar-refractivity contribution is 9.09. The fourth-order valence-corrected chi connectivity index (χ4v) is 1.53. The maximum atomic E-state index is 5.57. The molecule has 0 aliphatic carbocycles. The van der Waals surface area contributed by atoms with Crippen molar-refractivity contribution in [3.8, 4) is 17.2 Å². The lowest BCUT2D eigenvalue weighted by Crippen LogP contribution is -1.95. The van der Waals surface area contributed by atoms with Crippen LogP contribution in [-0.4, -0.2) is 18.7 Å². The Morgan fingerprint density at radius 3 is 3.06 bits per heavy atom. The lowest BCUT2D eigenvalue weighted by atomic mass is 10.3. The quantitative estimate of drug-likeness (QED) is 0.628. The Kier molecular flexibility index (Phi) is 3.72. The van der Waals surface area contributed by atoms with Crippen molar-refractivity contribution in [2.24, 2.45) is 0 Å². The number of halogens is 1. The average molecular weight is 285 g/mol. The Morgan fingerprint density at radius 2 is 2.25 bits per heavy atom. The molecule has 1 aromatic carbocycles. The first kappa shape index (κ1) is 11.3. The molecule has 0 atom stereocenters. The molecule has 3 nitrogen and oxygen atoms in total. The normalized spacial score (nSPS) is 14.0. The summed E-state index contributed by atoms with van der Waals surface area (Å²) in [4.78, 5) is 0. The van der Waals surface area contributed by atoms with Gasteiger partial charge >= 0.3 is 0 Å². The van der Waals surface area contributed by atoms with E-state index >= 15 is 0 Å². The van der Waals surface area contributed by atoms with E-state index < -0.39 is 0 Å². The van der Waals surface area contributed by atoms with Crippen LogP contribution in [0.5, 0.6) is 17.2 Å². The van der Waals surface area contributed by atoms with Gasteiger partial charge in [-0.2, -0.15) is 0 Å². The predicted octanol–water partition coefficient (Wildman–Crippen LogP) is 3.14. The van der Waals surface area contributed by atoms with Crippen molar-refractivity contribution >= 4 is 15.9 Å². The van der Waals surface area contributed by atoms with E-state index in [1.165, 1.54) is 5.57 Å². The Morgan fingerprint density at radius 1 is 1.44 bits per heavy atom. The summed E-state index contributed by atoms with van der Waals surface area (Å²) in [7, 11) is 0. The van der Waals surface area contributed by atoms with E-state index in [-0.39, 0.29) is 0 Å². The van der Waals surface area contributed by atoms with Gasteiger partial charge in [-0.15, -0.1) is 0 Å². The summed E-state index contributed by atoms with van der Waals surface area (Å²) < 4.78 is 16.1. The molecule has 0 N–H and O–H groups in total. The number of rotatable bonds is 4. The summed E-state index contributed by atoms with van der Waals surface area (Å²) in [5.74, 6) is 2.32. The number of alkyl halides is 1. The number of benzene rings is 1. The minimum Gasteiger partial charge on any atom is -0.489 e. The molecule has 0 radical (unpaired) electrons. The van der Waals surface area contributed by atoms with Crippen LogP contribution < -0.4 is 14.2 Å². The van der Waals surface area contributed by atoms with Crippen LogP contribution in [0, 0.1) is 0 Å². The molecule has 0 saturated heterocycles. The molecule has 1 heterocycles. The first-order valence-electron chi connectivity index (χ1n) is 5.03. The smallest absolute Gasteiger partial charge is 0.231 e. The van der Waals surface area contributed by atoms with Crippen LogP contribution in [-0.2, 0) is 0 Å². The van der Waals surface area contributed by atoms with E-state index in [4.69, 9.17) is 14.2 Å². The number of hydrogen-bond acceptors (Lipinski definition) is 3. The van der Waals surface area contributed by atoms with E-state index in [0.717, 1.165) is 22.6 Å². The summed E-state index contributed by atoms with van der Waals surface area (Å²) in [6.45, 7) is 2.91. The molecule has 0 fully saturated rings. The highest BCUT2D eigenvalue weighted by Gasteiger charge is 2.13. The third-order valence-electron chi connectivity index (χ3n) is 2.24. The van der Waals surface area contributed by atoms with Gasteiger partial charge in [0.05, 0.1) is 0 Å². The zero-order chi connectivity index (χ0) is 11.4. The SMILES string of the molecule is C/C(=C\COc1ccc2c(c1)OCO2)CBr. The molecule has 2 rings (SSSR count). The van der Waals surface area contributed by atoms with Crippen molar-refractivity contribution in [3.63, 3.8) is 0 Å². The second kappa shape index (κ2) is 5.25. The van der Waals surface area contributed by atoms with Gasteiger partial charge in [0.15, 0.2) is 11.5 Å². The van der Waals surface area contributed by atoms with Crippen LogP contribution in [0.1, 0.15) is 6.92 Å². The largest absolute Gasteiger partial charge is 0.489 e. The Labute approximate surface area is 103 Å². The minimum absolute atomic E-state index is 0.293. The molecule has 1 aromatic rings. The summed E-state index contributed by atoms with van der Waals surface area (Å²) in [5, 5.41) is 0.873. The molecule has 0 saturated carbocycles. The summed E-state index contributed by atoms with van der Waals surface area (Å²) in [6.07, 6.45) is 2.04. The van der Waals surface area contributed by atoms with Crippen molar-refractivity contribution in [3.05, 3.63) is 29.8 Å². The van der Waals surface area contributed by atoms with Gasteiger partial charge in [-0.25, -0.2) is 0 Å². The molecule has 0 aromatic heterocycles. The monoisotopic (exact) mass is 284 g/mol. The van der Waals surface area contributed by atoms with Crippen LogP contribution in [0.2, 0.25) is 0 Å². The Hall–Kier alpha value is -1.16. The topological polar surface area (TPSA) is 27.7 Å². The highest BCUT2D eigenvalue weighted by Crippen LogP contribution is 2.34. The van der Waals surface area contributed by atoms with Crippen molar-refractivity contribution < 1.29 is 14.2 Å². The number of allylic oxidation sites excluding steroid dienone is 1. The predicted molar refractivity (Wildman–Crippen MR) is 65.6 cm³/mol. The first-order chi connectivity index (χ1) is 7.79. The van der Waals surface area contributed by atoms with Crippen molar-refractivity contribution in [1.82, 2.24) is 0 Å². The van der Waals surface area contributed by atoms with Gasteiger partial charge < -0.3 is 14.2 Å². The maximum Gasteiger partial charge on any atom is 0.231 e. The summed E-state index contributed by atoms with van der Waals surface area (Å²) in [5.41, 5.74) is 1.25. The van der Waals surface area contributed by atoms with E-state index in [9.17, 15) is 0 Å². The van der Waals surface area contributed by atoms with Crippen LogP contribution in [0.3, 0.4) is 0 Å². The second-order valence-corrected chi connectivity index (χ2v) is 4.07. The number of fused-ring (bicyclic) bond motifs is 1. The summed E-state index contributed by atoms with van der Waals surface area (Å²) >= 11 is 3.38. The molecule has 0 spiro atoms. The lowest BCUT2D eigenvalue weighted by molar-refractivity contribution is 0.174. The molecule has 4 heteroatoms. The summed E-state index contributed by atoms with van der Waals surface area (Å²) in [6, 6.07) is 5.59. The molecule has 0 bridgehead atoms. The van der Waals surface area contributed by atoms with E-state index in [1.54, 1.807) is 0 Å². The molecule has 86 valence electrons. The van der Waals surface area contributed by atoms with Gasteiger partial charge in [-0.05, 0) is 25.1 Å². The van der Waals surface area contributed by atoms with E-state index in [1.807, 2.05) is 24.3 Å². The van der Waals surface area contributed by atoms with Gasteiger partial charge in [0.1, 0.15) is 12.4 Å². The minimum atomic E-state index is 0.293. The molecule has 0 amide bonds. The standard InChI is InChI=1S/C12H13BrO3/c1-9(7-13)4-5-14-10-2-3-11-12(6-10)16-8-15-11/h2-4,6H,5,7-8H2,1H3/b9-4+. The second-order valence-electron chi connectivity index (χ2n) is 3.51. The molecular weight excluding hydrogens is 272 g/mol. The van der Waals surface area contributed by atoms with Crippen LogP contribution in [0.25, 0.3) is 0 Å². The molecular formula is C12H13BrO3. The maximum absolute atomic E-state index is 5.57. The van der Waals surface area contributed by atoms with Crippen molar-refractivity contribution in [2.45, 2.75) is 6.92 Å². The third kappa shape index (κ3) is 2.70. The van der Waals surface area contributed by atoms with Crippen LogP contribution >= 0.6 is 15.9 Å². The van der Waals surface area contributed by atoms with Crippen molar-refractivity contribution in [1.29, 1.82) is 0 Å². The highest BCUT2D eigenvalue weighted by atomic mass is 79.9. The zero-order valence-electron chi connectivity index (χ0n) is 9.03. The van der Waals surface area contributed by atoms with Gasteiger partial charge in [-0.3, -0.25) is 0 Å². The number of hydrogen-bond donors (Lipinski definition) is 0. The van der Waals surface area contributed by atoms with Crippen molar-refractivity contribution in [2.75, 3.05) is 18.7 Å². The molecule has 16 heavy (non-hydrogen) atoms. The first-order valence-corrected chi connectivity index (χ1v) is 6.16. The molecule has 1 aliphatic heterocycles. The zero-order valence-corrected chi connectivity index (χ0v) is 10.6. The molecule has 0 unspecified atom stereocenters. The van der Waals surface area contributed by atoms with Crippen LogP contribution in [0.4, 0.5) is 0 Å². The number of ether oxygens (including phenoxy) is 3. The van der Waals surface area contributed by atoms with Gasteiger partial charge in [-0.1, -0.05) is 21.5 Å². The van der Waals surface area contributed by atoms with E-state index in [0.29, 0.717) is 13.4 Å². The fraction of sp³-hybridized carbons (Fsp3) is 0.333. The Bertz CT molecular complexity index is 401. The molecule has 1 aliphatic rings. The Balaban J connectivity index is 1.95. The third-order valence-corrected chi connectivity index (χ3v) is 3.12. The van der Waals surface area contributed by atoms with E-state index in [2.05, 4.69) is 22.9 Å². The van der Waals surface area contributed by atoms with Gasteiger partial charge in [0.2, 0.25) is 6.79 Å². The van der Waals surface area contributed by atoms with Gasteiger partial charge in [0, 0.05) is 11.4 Å².